The van der Waals surface area contributed by atoms with Crippen LogP contribution in [0.4, 0.5) is 0 Å². The molecule has 0 aliphatic rings. The van der Waals surface area contributed by atoms with E-state index in [0.717, 1.165) is 5.57 Å². The van der Waals surface area contributed by atoms with E-state index in [0.29, 0.717) is 39.8 Å². The summed E-state index contributed by atoms with van der Waals surface area (Å²) < 4.78 is 6.44. The topological polar surface area (TPSA) is 61.2 Å². The Kier molecular flexibility index (Phi) is 5.83. The fraction of sp³-hybridized carbons (Fsp3) is 0.389. The smallest absolute Gasteiger partial charge is 0.337 e. The number of nitrogens with zero attached hydrogens (tertiary/aromatic N) is 2. The van der Waals surface area contributed by atoms with Gasteiger partial charge in [0.05, 0.1) is 23.6 Å². The van der Waals surface area contributed by atoms with Crippen LogP contribution in [0, 0.1) is 5.92 Å². The molecule has 0 N–H and O–H groups in total. The van der Waals surface area contributed by atoms with Crippen LogP contribution in [0.15, 0.2) is 40.3 Å². The molecule has 6 heteroatoms. The highest BCUT2D eigenvalue weighted by Crippen LogP contribution is 2.21. The van der Waals surface area contributed by atoms with Crippen molar-refractivity contribution in [2.24, 2.45) is 5.92 Å². The second-order valence-corrected chi connectivity index (χ2v) is 7.12. The third-order valence-electron chi connectivity index (χ3n) is 3.34. The Morgan fingerprint density at radius 3 is 2.71 bits per heavy atom. The molecule has 0 bridgehead atoms. The lowest BCUT2D eigenvalue weighted by atomic mass is 10.1. The van der Waals surface area contributed by atoms with Crippen LogP contribution in [0.5, 0.6) is 0 Å². The van der Waals surface area contributed by atoms with Gasteiger partial charge in [-0.2, -0.15) is 0 Å². The lowest BCUT2D eigenvalue weighted by Gasteiger charge is -2.15. The van der Waals surface area contributed by atoms with Gasteiger partial charge in [0.2, 0.25) is 0 Å². The van der Waals surface area contributed by atoms with E-state index in [1.807, 2.05) is 6.92 Å². The van der Waals surface area contributed by atoms with Gasteiger partial charge in [0, 0.05) is 12.3 Å². The van der Waals surface area contributed by atoms with Gasteiger partial charge in [-0.05, 0) is 31.0 Å². The quantitative estimate of drug-likeness (QED) is 0.347. The van der Waals surface area contributed by atoms with Gasteiger partial charge in [0.1, 0.15) is 0 Å². The van der Waals surface area contributed by atoms with Crippen molar-refractivity contribution in [2.75, 3.05) is 12.9 Å². The van der Waals surface area contributed by atoms with E-state index in [2.05, 4.69) is 25.4 Å². The maximum Gasteiger partial charge on any atom is 0.337 e. The van der Waals surface area contributed by atoms with Gasteiger partial charge in [-0.3, -0.25) is 9.36 Å². The molecule has 0 unspecified atom stereocenters. The lowest BCUT2D eigenvalue weighted by Crippen LogP contribution is -2.25. The number of carbonyl (C=O) groups excluding carboxylic acids is 1. The van der Waals surface area contributed by atoms with Crippen LogP contribution in [0.3, 0.4) is 0 Å². The lowest BCUT2D eigenvalue weighted by molar-refractivity contribution is 0.0601. The number of hydrogen-bond acceptors (Lipinski definition) is 5. The first-order chi connectivity index (χ1) is 11.3. The van der Waals surface area contributed by atoms with Crippen molar-refractivity contribution in [3.8, 4) is 0 Å². The highest BCUT2D eigenvalue weighted by atomic mass is 32.2. The summed E-state index contributed by atoms with van der Waals surface area (Å²) in [5.74, 6) is 0.564. The number of fused-ring (bicyclic) bond motifs is 1. The van der Waals surface area contributed by atoms with Crippen LogP contribution >= 0.6 is 11.8 Å². The number of ether oxygens (including phenoxy) is 1. The maximum absolute atomic E-state index is 12.9. The van der Waals surface area contributed by atoms with Gasteiger partial charge in [-0.25, -0.2) is 9.78 Å². The normalized spacial score (nSPS) is 11.0. The number of aromatic nitrogens is 2. The number of rotatable bonds is 6. The molecule has 0 amide bonds. The number of hydrogen-bond donors (Lipinski definition) is 0. The minimum absolute atomic E-state index is 0.0886. The van der Waals surface area contributed by atoms with E-state index < -0.39 is 5.97 Å². The highest BCUT2D eigenvalue weighted by Gasteiger charge is 2.15. The van der Waals surface area contributed by atoms with Crippen LogP contribution < -0.4 is 5.56 Å². The fourth-order valence-electron chi connectivity index (χ4n) is 2.27. The third-order valence-corrected chi connectivity index (χ3v) is 4.54. The van der Waals surface area contributed by atoms with Crippen molar-refractivity contribution in [3.63, 3.8) is 0 Å². The molecule has 0 radical (unpaired) electrons. The zero-order chi connectivity index (χ0) is 17.9. The molecule has 0 saturated heterocycles. The molecule has 5 nitrogen and oxygen atoms in total. The largest absolute Gasteiger partial charge is 0.465 e. The summed E-state index contributed by atoms with van der Waals surface area (Å²) in [6.07, 6.45) is 0. The first-order valence-electron chi connectivity index (χ1n) is 7.73. The first kappa shape index (κ1) is 18.3. The van der Waals surface area contributed by atoms with E-state index in [1.165, 1.54) is 18.9 Å². The Morgan fingerprint density at radius 2 is 2.12 bits per heavy atom. The van der Waals surface area contributed by atoms with Crippen molar-refractivity contribution in [1.29, 1.82) is 0 Å². The molecule has 24 heavy (non-hydrogen) atoms. The molecule has 2 rings (SSSR count). The molecule has 128 valence electrons. The Labute approximate surface area is 145 Å². The van der Waals surface area contributed by atoms with E-state index >= 15 is 0 Å². The van der Waals surface area contributed by atoms with Crippen LogP contribution in [0.2, 0.25) is 0 Å². The average Bonchev–Trinajstić information content (AvgIpc) is 2.54. The first-order valence-corrected chi connectivity index (χ1v) is 8.72. The van der Waals surface area contributed by atoms with E-state index in [-0.39, 0.29) is 5.56 Å². The second kappa shape index (κ2) is 7.66. The predicted octanol–water partition coefficient (Wildman–Crippen LogP) is 3.51. The Balaban J connectivity index is 2.62. The fourth-order valence-corrected chi connectivity index (χ4v) is 3.12. The predicted molar refractivity (Wildman–Crippen MR) is 97.7 cm³/mol. The van der Waals surface area contributed by atoms with Gasteiger partial charge in [0.15, 0.2) is 5.16 Å². The summed E-state index contributed by atoms with van der Waals surface area (Å²) in [5, 5.41) is 1.15. The molecular weight excluding hydrogens is 324 g/mol. The zero-order valence-corrected chi connectivity index (χ0v) is 15.3. The summed E-state index contributed by atoms with van der Waals surface area (Å²) in [5.41, 5.74) is 1.81. The molecule has 0 atom stereocenters. The molecule has 0 fully saturated rings. The zero-order valence-electron chi connectivity index (χ0n) is 14.5. The molecule has 1 aromatic carbocycles. The molecule has 1 heterocycles. The number of benzene rings is 1. The Bertz CT molecular complexity index is 840. The van der Waals surface area contributed by atoms with Gasteiger partial charge in [-0.15, -0.1) is 0 Å². The van der Waals surface area contributed by atoms with Gasteiger partial charge in [0.25, 0.3) is 5.56 Å². The van der Waals surface area contributed by atoms with Crippen molar-refractivity contribution in [2.45, 2.75) is 32.5 Å². The summed E-state index contributed by atoms with van der Waals surface area (Å²) in [6, 6.07) is 4.84. The standard InChI is InChI=1S/C18H22N2O3S/c1-11(2)9-20-16(21)14-7-6-13(17(22)23-5)8-15(14)19-18(20)24-10-12(3)4/h6-8,11H,3,9-10H2,1-2,4-5H3. The minimum atomic E-state index is -0.443. The molecule has 0 aliphatic heterocycles. The average molecular weight is 346 g/mol. The van der Waals surface area contributed by atoms with Crippen LogP contribution in [0.25, 0.3) is 10.9 Å². The summed E-state index contributed by atoms with van der Waals surface area (Å²) in [6.45, 7) is 10.6. The van der Waals surface area contributed by atoms with Crippen LogP contribution in [0.1, 0.15) is 31.1 Å². The van der Waals surface area contributed by atoms with Gasteiger partial charge >= 0.3 is 5.97 Å². The summed E-state index contributed by atoms with van der Waals surface area (Å²) >= 11 is 1.48. The van der Waals surface area contributed by atoms with Gasteiger partial charge in [-0.1, -0.05) is 37.8 Å². The maximum atomic E-state index is 12.9. The number of methoxy groups -OCH3 is 1. The minimum Gasteiger partial charge on any atom is -0.465 e. The molecule has 0 aliphatic carbocycles. The molecule has 0 spiro atoms. The van der Waals surface area contributed by atoms with Crippen LogP contribution in [-0.4, -0.2) is 28.4 Å². The van der Waals surface area contributed by atoms with Gasteiger partial charge < -0.3 is 4.74 Å². The monoisotopic (exact) mass is 346 g/mol. The van der Waals surface area contributed by atoms with E-state index in [1.54, 1.807) is 22.8 Å². The Morgan fingerprint density at radius 1 is 1.42 bits per heavy atom. The molecule has 0 saturated carbocycles. The summed E-state index contributed by atoms with van der Waals surface area (Å²) in [4.78, 5) is 29.2. The van der Waals surface area contributed by atoms with Crippen LogP contribution in [-0.2, 0) is 11.3 Å². The number of esters is 1. The molecule has 2 aromatic rings. The summed E-state index contributed by atoms with van der Waals surface area (Å²) in [7, 11) is 1.33. The highest BCUT2D eigenvalue weighted by molar-refractivity contribution is 7.99. The van der Waals surface area contributed by atoms with E-state index in [9.17, 15) is 9.59 Å². The van der Waals surface area contributed by atoms with E-state index in [4.69, 9.17) is 4.74 Å². The SMILES string of the molecule is C=C(C)CSc1nc2cc(C(=O)OC)ccc2c(=O)n1CC(C)C. The van der Waals surface area contributed by atoms with Crippen molar-refractivity contribution in [3.05, 3.63) is 46.3 Å². The van der Waals surface area contributed by atoms with Crippen molar-refractivity contribution in [1.82, 2.24) is 9.55 Å². The molecule has 1 aromatic heterocycles. The number of thioether (sulfide) groups is 1. The Hall–Kier alpha value is -2.08. The van der Waals surface area contributed by atoms with Crippen molar-refractivity contribution >= 4 is 28.6 Å². The van der Waals surface area contributed by atoms with Crippen molar-refractivity contribution < 1.29 is 9.53 Å². The molecular formula is C18H22N2O3S. The third kappa shape index (κ3) is 4.06. The number of carbonyl (C=O) groups is 1. The second-order valence-electron chi connectivity index (χ2n) is 6.17.